The minimum absolute atomic E-state index is 0.0944. The quantitative estimate of drug-likeness (QED) is 0.151. The van der Waals surface area contributed by atoms with Gasteiger partial charge in [-0.3, -0.25) is 9.59 Å². The van der Waals surface area contributed by atoms with Gasteiger partial charge in [-0.25, -0.2) is 4.79 Å². The molecule has 0 saturated heterocycles. The molecule has 8 nitrogen and oxygen atoms in total. The Morgan fingerprint density at radius 1 is 0.733 bits per heavy atom. The number of aliphatic hydroxyl groups is 1. The van der Waals surface area contributed by atoms with Crippen LogP contribution in [0, 0.1) is 0 Å². The molecule has 0 saturated carbocycles. The van der Waals surface area contributed by atoms with E-state index in [1.807, 2.05) is 61.5 Å². The Bertz CT molecular complexity index is 1560. The van der Waals surface area contributed by atoms with Crippen LogP contribution in [0.2, 0.25) is 0 Å². The smallest absolute Gasteiger partial charge is 0.407 e. The fraction of sp³-hybridized carbons (Fsp3) is 0.270. The molecule has 0 unspecified atom stereocenters. The number of aliphatic hydroxyl groups excluding tert-OH is 1. The highest BCUT2D eigenvalue weighted by Gasteiger charge is 2.31. The number of carbonyl (C=O) groups is 3. The number of hydrogen-bond acceptors (Lipinski definition) is 5. The summed E-state index contributed by atoms with van der Waals surface area (Å²) in [5.41, 5.74) is 6.60. The number of nitrogens with one attached hydrogen (secondary N) is 3. The highest BCUT2D eigenvalue weighted by atomic mass is 16.5. The average molecular weight is 606 g/mol. The van der Waals surface area contributed by atoms with Crippen molar-refractivity contribution in [2.24, 2.45) is 0 Å². The maximum absolute atomic E-state index is 13.7. The Kier molecular flexibility index (Phi) is 10.6. The first-order valence-corrected chi connectivity index (χ1v) is 15.4. The summed E-state index contributed by atoms with van der Waals surface area (Å²) in [4.78, 5) is 40.2. The lowest BCUT2D eigenvalue weighted by Gasteiger charge is -2.23. The van der Waals surface area contributed by atoms with Crippen LogP contribution >= 0.6 is 0 Å². The molecule has 5 rings (SSSR count). The SMILES string of the molecule is CCCC[C@H](NC(=O)[C@H](Cc1ccccc1)NC(=O)OCC1c2ccccc2-c2ccccc21)C(=O)Nc1ccc(CO)cc1. The van der Waals surface area contributed by atoms with Crippen molar-refractivity contribution in [1.29, 1.82) is 0 Å². The molecule has 45 heavy (non-hydrogen) atoms. The minimum Gasteiger partial charge on any atom is -0.449 e. The van der Waals surface area contributed by atoms with E-state index < -0.39 is 24.1 Å². The lowest BCUT2D eigenvalue weighted by Crippen LogP contribution is -2.53. The first-order valence-electron chi connectivity index (χ1n) is 15.4. The van der Waals surface area contributed by atoms with E-state index in [1.54, 1.807) is 24.3 Å². The third-order valence-corrected chi connectivity index (χ3v) is 8.12. The van der Waals surface area contributed by atoms with Crippen LogP contribution in [0.4, 0.5) is 10.5 Å². The molecule has 0 radical (unpaired) electrons. The van der Waals surface area contributed by atoms with Gasteiger partial charge in [-0.15, -0.1) is 0 Å². The fourth-order valence-corrected chi connectivity index (χ4v) is 5.71. The summed E-state index contributed by atoms with van der Waals surface area (Å²) >= 11 is 0. The van der Waals surface area contributed by atoms with Gasteiger partial charge in [0.05, 0.1) is 6.61 Å². The van der Waals surface area contributed by atoms with Gasteiger partial charge in [-0.2, -0.15) is 0 Å². The Balaban J connectivity index is 1.28. The van der Waals surface area contributed by atoms with Crippen molar-refractivity contribution in [1.82, 2.24) is 10.6 Å². The van der Waals surface area contributed by atoms with Gasteiger partial charge >= 0.3 is 6.09 Å². The highest BCUT2D eigenvalue weighted by Crippen LogP contribution is 2.44. The van der Waals surface area contributed by atoms with Gasteiger partial charge in [0, 0.05) is 18.0 Å². The molecular weight excluding hydrogens is 566 g/mol. The van der Waals surface area contributed by atoms with Crippen LogP contribution < -0.4 is 16.0 Å². The second-order valence-corrected chi connectivity index (χ2v) is 11.3. The van der Waals surface area contributed by atoms with Gasteiger partial charge < -0.3 is 25.8 Å². The molecule has 0 heterocycles. The summed E-state index contributed by atoms with van der Waals surface area (Å²) in [5.74, 6) is -0.939. The molecule has 0 spiro atoms. The van der Waals surface area contributed by atoms with E-state index >= 15 is 0 Å². The zero-order chi connectivity index (χ0) is 31.6. The topological polar surface area (TPSA) is 117 Å². The van der Waals surface area contributed by atoms with Crippen molar-refractivity contribution < 1.29 is 24.2 Å². The maximum Gasteiger partial charge on any atom is 0.407 e. The molecule has 4 aromatic carbocycles. The van der Waals surface area contributed by atoms with E-state index in [-0.39, 0.29) is 31.5 Å². The molecule has 3 amide bonds. The van der Waals surface area contributed by atoms with Gasteiger partial charge in [0.2, 0.25) is 11.8 Å². The number of amides is 3. The van der Waals surface area contributed by atoms with Gasteiger partial charge in [-0.05, 0) is 51.9 Å². The molecule has 4 N–H and O–H groups in total. The van der Waals surface area contributed by atoms with E-state index in [2.05, 4.69) is 40.2 Å². The summed E-state index contributed by atoms with van der Waals surface area (Å²) in [6, 6.07) is 30.7. The molecule has 4 aromatic rings. The molecule has 1 aliphatic rings. The van der Waals surface area contributed by atoms with Crippen LogP contribution in [0.15, 0.2) is 103 Å². The molecule has 0 aliphatic heterocycles. The first kappa shape index (κ1) is 31.5. The number of hydrogen-bond donors (Lipinski definition) is 4. The molecule has 1 aliphatic carbocycles. The summed E-state index contributed by atoms with van der Waals surface area (Å²) in [6.07, 6.45) is 1.53. The number of carbonyl (C=O) groups excluding carboxylic acids is 3. The normalized spacial score (nSPS) is 13.2. The van der Waals surface area contributed by atoms with Gasteiger partial charge in [0.15, 0.2) is 0 Å². The molecule has 0 fully saturated rings. The van der Waals surface area contributed by atoms with Gasteiger partial charge in [0.25, 0.3) is 0 Å². The van der Waals surface area contributed by atoms with E-state index in [0.29, 0.717) is 12.1 Å². The lowest BCUT2D eigenvalue weighted by molar-refractivity contribution is -0.128. The molecule has 232 valence electrons. The maximum atomic E-state index is 13.7. The molecule has 8 heteroatoms. The average Bonchev–Trinajstić information content (AvgIpc) is 3.39. The van der Waals surface area contributed by atoms with Crippen LogP contribution in [-0.4, -0.2) is 41.7 Å². The molecular formula is C37H39N3O5. The third-order valence-electron chi connectivity index (χ3n) is 8.12. The third kappa shape index (κ3) is 7.96. The Morgan fingerprint density at radius 2 is 1.36 bits per heavy atom. The van der Waals surface area contributed by atoms with Gasteiger partial charge in [0.1, 0.15) is 18.7 Å². The van der Waals surface area contributed by atoms with Crippen LogP contribution in [0.3, 0.4) is 0 Å². The van der Waals surface area contributed by atoms with E-state index in [4.69, 9.17) is 4.74 Å². The van der Waals surface area contributed by atoms with E-state index in [0.717, 1.165) is 46.2 Å². The van der Waals surface area contributed by atoms with Crippen molar-refractivity contribution in [3.8, 4) is 11.1 Å². The number of unbranched alkanes of at least 4 members (excludes halogenated alkanes) is 1. The van der Waals surface area contributed by atoms with Crippen LogP contribution in [0.1, 0.15) is 54.4 Å². The zero-order valence-corrected chi connectivity index (χ0v) is 25.4. The Morgan fingerprint density at radius 3 is 1.98 bits per heavy atom. The second-order valence-electron chi connectivity index (χ2n) is 11.3. The highest BCUT2D eigenvalue weighted by molar-refractivity contribution is 5.98. The number of anilines is 1. The van der Waals surface area contributed by atoms with E-state index in [1.165, 1.54) is 0 Å². The molecule has 2 atom stereocenters. The zero-order valence-electron chi connectivity index (χ0n) is 25.4. The van der Waals surface area contributed by atoms with Crippen molar-refractivity contribution in [3.05, 3.63) is 125 Å². The molecule has 0 bridgehead atoms. The number of fused-ring (bicyclic) bond motifs is 3. The largest absolute Gasteiger partial charge is 0.449 e. The standard InChI is InChI=1S/C37H39N3O5/c1-2-3-17-33(35(42)38-27-20-18-26(23-41)19-21-27)39-36(43)34(22-25-11-5-4-6-12-25)40-37(44)45-24-32-30-15-9-7-13-28(30)29-14-8-10-16-31(29)32/h4-16,18-21,32-34,41H,2-3,17,22-24H2,1H3,(H,38,42)(H,39,43)(H,40,44)/t33-,34-/m0/s1. The Labute approximate surface area is 263 Å². The summed E-state index contributed by atoms with van der Waals surface area (Å²) in [5, 5.41) is 17.8. The van der Waals surface area contributed by atoms with Crippen molar-refractivity contribution >= 4 is 23.6 Å². The monoisotopic (exact) mass is 605 g/mol. The number of rotatable bonds is 13. The van der Waals surface area contributed by atoms with Crippen LogP contribution in [-0.2, 0) is 27.4 Å². The van der Waals surface area contributed by atoms with Crippen LogP contribution in [0.5, 0.6) is 0 Å². The predicted octanol–water partition coefficient (Wildman–Crippen LogP) is 5.94. The first-order chi connectivity index (χ1) is 22.0. The lowest BCUT2D eigenvalue weighted by atomic mass is 9.98. The number of benzene rings is 4. The molecule has 0 aromatic heterocycles. The number of ether oxygens (including phenoxy) is 1. The Hall–Kier alpha value is -4.95. The van der Waals surface area contributed by atoms with Crippen molar-refractivity contribution in [3.63, 3.8) is 0 Å². The summed E-state index contributed by atoms with van der Waals surface area (Å²) in [7, 11) is 0. The summed E-state index contributed by atoms with van der Waals surface area (Å²) < 4.78 is 5.75. The van der Waals surface area contributed by atoms with E-state index in [9.17, 15) is 19.5 Å². The predicted molar refractivity (Wildman–Crippen MR) is 175 cm³/mol. The second kappa shape index (κ2) is 15.2. The number of alkyl carbamates (subject to hydrolysis) is 1. The van der Waals surface area contributed by atoms with Crippen molar-refractivity contribution in [2.45, 2.75) is 57.2 Å². The van der Waals surface area contributed by atoms with Crippen LogP contribution in [0.25, 0.3) is 11.1 Å². The van der Waals surface area contributed by atoms with Crippen molar-refractivity contribution in [2.75, 3.05) is 11.9 Å². The summed E-state index contributed by atoms with van der Waals surface area (Å²) in [6.45, 7) is 2.04. The minimum atomic E-state index is -0.969. The fourth-order valence-electron chi connectivity index (χ4n) is 5.71. The van der Waals surface area contributed by atoms with Gasteiger partial charge in [-0.1, -0.05) is 111 Å².